The molecule has 2 N–H and O–H groups in total. The second-order valence-corrected chi connectivity index (χ2v) is 9.33. The van der Waals surface area contributed by atoms with E-state index in [-0.39, 0.29) is 18.2 Å². The molecule has 7 nitrogen and oxygen atoms in total. The summed E-state index contributed by atoms with van der Waals surface area (Å²) in [4.78, 5) is 12.5. The monoisotopic (exact) mass is 430 g/mol. The third-order valence-corrected chi connectivity index (χ3v) is 5.80. The van der Waals surface area contributed by atoms with Gasteiger partial charge in [-0.2, -0.15) is 0 Å². The van der Waals surface area contributed by atoms with Crippen LogP contribution in [-0.4, -0.2) is 30.8 Å². The first-order chi connectivity index (χ1) is 13.9. The SMILES string of the molecule is CCC(c1ccccc1)c1nnc(NC(=O)Cc2ccccc2NS(C)(=O)=O)s1. The predicted molar refractivity (Wildman–Crippen MR) is 116 cm³/mol. The first-order valence-electron chi connectivity index (χ1n) is 9.09. The number of rotatable bonds is 8. The van der Waals surface area contributed by atoms with Crippen molar-refractivity contribution in [1.82, 2.24) is 10.2 Å². The number of benzene rings is 2. The summed E-state index contributed by atoms with van der Waals surface area (Å²) in [7, 11) is -3.43. The summed E-state index contributed by atoms with van der Waals surface area (Å²) in [5.41, 5.74) is 2.12. The highest BCUT2D eigenvalue weighted by Crippen LogP contribution is 2.31. The number of nitrogens with one attached hydrogen (secondary N) is 2. The third kappa shape index (κ3) is 5.85. The number of hydrogen-bond acceptors (Lipinski definition) is 6. The van der Waals surface area contributed by atoms with Gasteiger partial charge in [-0.1, -0.05) is 66.8 Å². The number of carbonyl (C=O) groups is 1. The molecule has 0 bridgehead atoms. The average molecular weight is 431 g/mol. The van der Waals surface area contributed by atoms with Crippen molar-refractivity contribution in [3.05, 3.63) is 70.7 Å². The fourth-order valence-electron chi connectivity index (χ4n) is 2.97. The van der Waals surface area contributed by atoms with Gasteiger partial charge < -0.3 is 5.32 Å². The molecule has 29 heavy (non-hydrogen) atoms. The quantitative estimate of drug-likeness (QED) is 0.568. The van der Waals surface area contributed by atoms with Crippen molar-refractivity contribution in [2.24, 2.45) is 0 Å². The lowest BCUT2D eigenvalue weighted by Gasteiger charge is -2.11. The van der Waals surface area contributed by atoms with Crippen molar-refractivity contribution in [2.45, 2.75) is 25.7 Å². The number of aromatic nitrogens is 2. The molecule has 1 atom stereocenters. The molecule has 0 radical (unpaired) electrons. The summed E-state index contributed by atoms with van der Waals surface area (Å²) in [6.45, 7) is 2.09. The largest absolute Gasteiger partial charge is 0.300 e. The van der Waals surface area contributed by atoms with Gasteiger partial charge >= 0.3 is 0 Å². The molecule has 0 aliphatic heterocycles. The molecule has 1 aromatic heterocycles. The van der Waals surface area contributed by atoms with Crippen LogP contribution in [-0.2, 0) is 21.2 Å². The van der Waals surface area contributed by atoms with Crippen molar-refractivity contribution in [3.63, 3.8) is 0 Å². The highest BCUT2D eigenvalue weighted by molar-refractivity contribution is 7.92. The van der Waals surface area contributed by atoms with Gasteiger partial charge in [-0.25, -0.2) is 8.42 Å². The second kappa shape index (κ2) is 9.15. The van der Waals surface area contributed by atoms with E-state index in [1.807, 2.05) is 18.2 Å². The van der Waals surface area contributed by atoms with E-state index in [0.717, 1.165) is 23.2 Å². The summed E-state index contributed by atoms with van der Waals surface area (Å²) in [5, 5.41) is 12.4. The van der Waals surface area contributed by atoms with E-state index >= 15 is 0 Å². The molecule has 0 aliphatic carbocycles. The molecule has 2 aromatic carbocycles. The lowest BCUT2D eigenvalue weighted by atomic mass is 9.97. The van der Waals surface area contributed by atoms with Crippen LogP contribution in [0.4, 0.5) is 10.8 Å². The van der Waals surface area contributed by atoms with E-state index in [1.54, 1.807) is 24.3 Å². The lowest BCUT2D eigenvalue weighted by Crippen LogP contribution is -2.17. The molecule has 9 heteroatoms. The van der Waals surface area contributed by atoms with Crippen LogP contribution in [0.5, 0.6) is 0 Å². The minimum absolute atomic E-state index is 0.0174. The maximum atomic E-state index is 12.5. The van der Waals surface area contributed by atoms with Crippen molar-refractivity contribution in [2.75, 3.05) is 16.3 Å². The second-order valence-electron chi connectivity index (χ2n) is 6.57. The number of carbonyl (C=O) groups excluding carboxylic acids is 1. The average Bonchev–Trinajstić information content (AvgIpc) is 3.11. The Bertz CT molecular complexity index is 1080. The van der Waals surface area contributed by atoms with Crippen molar-refractivity contribution < 1.29 is 13.2 Å². The molecule has 1 amide bonds. The highest BCUT2D eigenvalue weighted by atomic mass is 32.2. The molecular formula is C20H22N4O3S2. The van der Waals surface area contributed by atoms with Crippen LogP contribution >= 0.6 is 11.3 Å². The summed E-state index contributed by atoms with van der Waals surface area (Å²) in [6.07, 6.45) is 1.96. The molecule has 0 saturated carbocycles. The first-order valence-corrected chi connectivity index (χ1v) is 11.8. The fraction of sp³-hybridized carbons (Fsp3) is 0.250. The summed E-state index contributed by atoms with van der Waals surface area (Å²) < 4.78 is 25.5. The Hall–Kier alpha value is -2.78. The Balaban J connectivity index is 1.70. The molecule has 1 unspecified atom stereocenters. The number of sulfonamides is 1. The van der Waals surface area contributed by atoms with Crippen LogP contribution in [0.1, 0.15) is 35.4 Å². The summed E-state index contributed by atoms with van der Waals surface area (Å²) in [6, 6.07) is 16.9. The first kappa shape index (κ1) is 20.9. The van der Waals surface area contributed by atoms with Gasteiger partial charge in [0, 0.05) is 5.92 Å². The number of amides is 1. The van der Waals surface area contributed by atoms with Gasteiger partial charge in [-0.15, -0.1) is 10.2 Å². The minimum atomic E-state index is -3.43. The number of hydrogen-bond donors (Lipinski definition) is 2. The smallest absolute Gasteiger partial charge is 0.230 e. The molecule has 3 rings (SSSR count). The van der Waals surface area contributed by atoms with Crippen LogP contribution in [0, 0.1) is 0 Å². The zero-order chi connectivity index (χ0) is 20.9. The zero-order valence-corrected chi connectivity index (χ0v) is 17.8. The Labute approximate surface area is 174 Å². The van der Waals surface area contributed by atoms with Gasteiger partial charge in [0.05, 0.1) is 18.4 Å². The van der Waals surface area contributed by atoms with Gasteiger partial charge in [0.2, 0.25) is 21.1 Å². The third-order valence-electron chi connectivity index (χ3n) is 4.26. The number of nitrogens with zero attached hydrogens (tertiary/aromatic N) is 2. The Morgan fingerprint density at radius 3 is 2.45 bits per heavy atom. The predicted octanol–water partition coefficient (Wildman–Crippen LogP) is 3.63. The maximum Gasteiger partial charge on any atom is 0.230 e. The summed E-state index contributed by atoms with van der Waals surface area (Å²) in [5.74, 6) is -0.165. The van der Waals surface area contributed by atoms with E-state index in [2.05, 4.69) is 39.3 Å². The summed E-state index contributed by atoms with van der Waals surface area (Å²) >= 11 is 1.35. The number of para-hydroxylation sites is 1. The van der Waals surface area contributed by atoms with Gasteiger partial charge in [-0.3, -0.25) is 9.52 Å². The molecule has 152 valence electrons. The molecule has 0 spiro atoms. The van der Waals surface area contributed by atoms with Crippen LogP contribution < -0.4 is 10.0 Å². The Morgan fingerprint density at radius 1 is 1.07 bits per heavy atom. The van der Waals surface area contributed by atoms with Crippen LogP contribution in [0.3, 0.4) is 0 Å². The molecule has 0 fully saturated rings. The van der Waals surface area contributed by atoms with E-state index < -0.39 is 10.0 Å². The Morgan fingerprint density at radius 2 is 1.76 bits per heavy atom. The highest BCUT2D eigenvalue weighted by Gasteiger charge is 2.18. The van der Waals surface area contributed by atoms with Gasteiger partial charge in [0.15, 0.2) is 0 Å². The van der Waals surface area contributed by atoms with Gasteiger partial charge in [-0.05, 0) is 23.6 Å². The van der Waals surface area contributed by atoms with Crippen LogP contribution in [0.25, 0.3) is 0 Å². The zero-order valence-electron chi connectivity index (χ0n) is 16.1. The van der Waals surface area contributed by atoms with Crippen molar-refractivity contribution >= 4 is 38.1 Å². The normalized spacial score (nSPS) is 12.3. The molecular weight excluding hydrogens is 408 g/mol. The molecule has 0 saturated heterocycles. The standard InChI is InChI=1S/C20H22N4O3S2/c1-3-16(14-9-5-4-6-10-14)19-22-23-20(28-19)21-18(25)13-15-11-7-8-12-17(15)24-29(2,26)27/h4-12,16,24H,3,13H2,1-2H3,(H,21,23,25). The van der Waals surface area contributed by atoms with Gasteiger partial charge in [0.1, 0.15) is 5.01 Å². The fourth-order valence-corrected chi connectivity index (χ4v) is 4.54. The van der Waals surface area contributed by atoms with Crippen LogP contribution in [0.15, 0.2) is 54.6 Å². The molecule has 1 heterocycles. The molecule has 0 aliphatic rings. The van der Waals surface area contributed by atoms with E-state index in [4.69, 9.17) is 0 Å². The Kier molecular flexibility index (Phi) is 6.60. The lowest BCUT2D eigenvalue weighted by molar-refractivity contribution is -0.115. The van der Waals surface area contributed by atoms with Gasteiger partial charge in [0.25, 0.3) is 0 Å². The van der Waals surface area contributed by atoms with E-state index in [9.17, 15) is 13.2 Å². The topological polar surface area (TPSA) is 101 Å². The molecule has 3 aromatic rings. The maximum absolute atomic E-state index is 12.5. The van der Waals surface area contributed by atoms with E-state index in [1.165, 1.54) is 11.3 Å². The van der Waals surface area contributed by atoms with E-state index in [0.29, 0.717) is 16.4 Å². The minimum Gasteiger partial charge on any atom is -0.300 e. The van der Waals surface area contributed by atoms with Crippen molar-refractivity contribution in [1.29, 1.82) is 0 Å². The van der Waals surface area contributed by atoms with Crippen molar-refractivity contribution in [3.8, 4) is 0 Å². The van der Waals surface area contributed by atoms with Crippen LogP contribution in [0.2, 0.25) is 0 Å². The number of anilines is 2.